The Morgan fingerprint density at radius 2 is 1.85 bits per heavy atom. The largest absolute Gasteiger partial charge is 0.456 e. The summed E-state index contributed by atoms with van der Waals surface area (Å²) >= 11 is 3.16. The van der Waals surface area contributed by atoms with Crippen LogP contribution in [0.3, 0.4) is 0 Å². The Hall–Kier alpha value is -1.49. The molecular weight excluding hydrogens is 327 g/mol. The molecule has 3 nitrogen and oxygen atoms in total. The van der Waals surface area contributed by atoms with Gasteiger partial charge < -0.3 is 4.74 Å². The summed E-state index contributed by atoms with van der Waals surface area (Å²) in [6.45, 7) is 6.40. The molecule has 0 saturated heterocycles. The van der Waals surface area contributed by atoms with Gasteiger partial charge in [0.15, 0.2) is 5.78 Å². The molecule has 1 aromatic carbocycles. The van der Waals surface area contributed by atoms with Crippen molar-refractivity contribution in [1.82, 2.24) is 0 Å². The van der Waals surface area contributed by atoms with Gasteiger partial charge in [-0.2, -0.15) is 0 Å². The van der Waals surface area contributed by atoms with Crippen molar-refractivity contribution in [3.8, 4) is 0 Å². The Morgan fingerprint density at radius 3 is 2.30 bits per heavy atom. The number of rotatable bonds is 3. The molecule has 1 rings (SSSR count). The van der Waals surface area contributed by atoms with Crippen LogP contribution in [0.5, 0.6) is 0 Å². The van der Waals surface area contributed by atoms with Crippen LogP contribution in [-0.4, -0.2) is 17.4 Å². The highest BCUT2D eigenvalue weighted by Gasteiger charge is 2.22. The molecule has 0 aromatic heterocycles. The average molecular weight is 343 g/mol. The summed E-state index contributed by atoms with van der Waals surface area (Å²) in [5, 5.41) is 0. The molecule has 5 heteroatoms. The van der Waals surface area contributed by atoms with Gasteiger partial charge in [0.2, 0.25) is 0 Å². The monoisotopic (exact) mass is 342 g/mol. The molecule has 0 bridgehead atoms. The molecule has 0 atom stereocenters. The highest BCUT2D eigenvalue weighted by atomic mass is 79.9. The summed E-state index contributed by atoms with van der Waals surface area (Å²) in [5.41, 5.74) is -0.404. The number of benzene rings is 1. The second kappa shape index (κ2) is 6.31. The summed E-state index contributed by atoms with van der Waals surface area (Å²) in [5.74, 6) is -1.61. The fraction of sp³-hybridized carbons (Fsp3) is 0.333. The fourth-order valence-electron chi connectivity index (χ4n) is 1.46. The first-order chi connectivity index (χ1) is 9.08. The van der Waals surface area contributed by atoms with E-state index in [-0.39, 0.29) is 5.57 Å². The quantitative estimate of drug-likeness (QED) is 0.362. The highest BCUT2D eigenvalue weighted by molar-refractivity contribution is 9.10. The second-order valence-corrected chi connectivity index (χ2v) is 6.23. The molecule has 0 unspecified atom stereocenters. The first kappa shape index (κ1) is 16.6. The normalized spacial score (nSPS) is 12.2. The van der Waals surface area contributed by atoms with Crippen LogP contribution in [0.25, 0.3) is 6.08 Å². The Kier molecular flexibility index (Phi) is 5.22. The first-order valence-electron chi connectivity index (χ1n) is 6.00. The molecule has 108 valence electrons. The van der Waals surface area contributed by atoms with Crippen molar-refractivity contribution in [2.24, 2.45) is 0 Å². The van der Waals surface area contributed by atoms with E-state index < -0.39 is 23.2 Å². The van der Waals surface area contributed by atoms with Gasteiger partial charge in [0.05, 0.1) is 0 Å². The SMILES string of the molecule is CC(=O)C(=Cc1cc(F)cc(Br)c1)C(=O)OC(C)(C)C. The van der Waals surface area contributed by atoms with E-state index in [9.17, 15) is 14.0 Å². The highest BCUT2D eigenvalue weighted by Crippen LogP contribution is 2.19. The summed E-state index contributed by atoms with van der Waals surface area (Å²) in [7, 11) is 0. The molecule has 0 aliphatic carbocycles. The molecule has 0 radical (unpaired) electrons. The fourth-order valence-corrected chi connectivity index (χ4v) is 1.95. The standard InChI is InChI=1S/C15H16BrFO3/c1-9(18)13(14(19)20-15(2,3)4)7-10-5-11(16)8-12(17)6-10/h5-8H,1-4H3. The Balaban J connectivity index is 3.16. The third kappa shape index (κ3) is 5.25. The smallest absolute Gasteiger partial charge is 0.342 e. The maximum atomic E-state index is 13.3. The van der Waals surface area contributed by atoms with E-state index >= 15 is 0 Å². The number of ether oxygens (including phenoxy) is 1. The third-order valence-electron chi connectivity index (χ3n) is 2.19. The lowest BCUT2D eigenvalue weighted by Crippen LogP contribution is -2.26. The lowest BCUT2D eigenvalue weighted by Gasteiger charge is -2.19. The van der Waals surface area contributed by atoms with E-state index in [0.717, 1.165) is 0 Å². The summed E-state index contributed by atoms with van der Waals surface area (Å²) in [6.07, 6.45) is 1.32. The summed E-state index contributed by atoms with van der Waals surface area (Å²) in [6, 6.07) is 4.13. The molecule has 0 heterocycles. The molecule has 0 N–H and O–H groups in total. The van der Waals surface area contributed by atoms with E-state index in [4.69, 9.17) is 4.74 Å². The minimum absolute atomic E-state index is 0.113. The van der Waals surface area contributed by atoms with E-state index in [0.29, 0.717) is 10.0 Å². The number of esters is 1. The number of carbonyl (C=O) groups excluding carboxylic acids is 2. The van der Waals surface area contributed by atoms with E-state index in [1.807, 2.05) is 0 Å². The predicted octanol–water partition coefficient (Wildman–Crippen LogP) is 3.90. The Bertz CT molecular complexity index is 551. The van der Waals surface area contributed by atoms with E-state index in [1.165, 1.54) is 25.1 Å². The van der Waals surface area contributed by atoms with Crippen molar-refractivity contribution >= 4 is 33.8 Å². The molecule has 0 saturated carbocycles. The lowest BCUT2D eigenvalue weighted by atomic mass is 10.1. The van der Waals surface area contributed by atoms with Gasteiger partial charge in [-0.1, -0.05) is 15.9 Å². The molecule has 0 amide bonds. The molecule has 0 fully saturated rings. The lowest BCUT2D eigenvalue weighted by molar-refractivity contribution is -0.150. The van der Waals surface area contributed by atoms with Gasteiger partial charge in [0.25, 0.3) is 0 Å². The van der Waals surface area contributed by atoms with Gasteiger partial charge in [-0.25, -0.2) is 9.18 Å². The van der Waals surface area contributed by atoms with Gasteiger partial charge in [-0.05, 0) is 57.5 Å². The van der Waals surface area contributed by atoms with Crippen molar-refractivity contribution in [1.29, 1.82) is 0 Å². The van der Waals surface area contributed by atoms with Gasteiger partial charge in [-0.3, -0.25) is 4.79 Å². The van der Waals surface area contributed by atoms with Crippen LogP contribution in [-0.2, 0) is 14.3 Å². The van der Waals surface area contributed by atoms with Crippen LogP contribution in [0.2, 0.25) is 0 Å². The van der Waals surface area contributed by atoms with Crippen molar-refractivity contribution in [3.63, 3.8) is 0 Å². The minimum atomic E-state index is -0.717. The molecule has 1 aromatic rings. The van der Waals surface area contributed by atoms with Crippen LogP contribution < -0.4 is 0 Å². The summed E-state index contributed by atoms with van der Waals surface area (Å²) < 4.78 is 19.0. The molecule has 0 spiro atoms. The second-order valence-electron chi connectivity index (χ2n) is 5.32. The molecule has 0 aliphatic rings. The van der Waals surface area contributed by atoms with Gasteiger partial charge in [-0.15, -0.1) is 0 Å². The zero-order chi connectivity index (χ0) is 15.5. The Labute approximate surface area is 125 Å². The topological polar surface area (TPSA) is 43.4 Å². The van der Waals surface area contributed by atoms with E-state index in [1.54, 1.807) is 26.8 Å². The third-order valence-corrected chi connectivity index (χ3v) is 2.65. The molecular formula is C15H16BrFO3. The Morgan fingerprint density at radius 1 is 1.25 bits per heavy atom. The van der Waals surface area contributed by atoms with E-state index in [2.05, 4.69) is 15.9 Å². The maximum Gasteiger partial charge on any atom is 0.342 e. The average Bonchev–Trinajstić information content (AvgIpc) is 2.21. The first-order valence-corrected chi connectivity index (χ1v) is 6.80. The van der Waals surface area contributed by atoms with Gasteiger partial charge in [0.1, 0.15) is 17.0 Å². The summed E-state index contributed by atoms with van der Waals surface area (Å²) in [4.78, 5) is 23.5. The molecule has 0 aliphatic heterocycles. The van der Waals surface area contributed by atoms with Gasteiger partial charge in [0, 0.05) is 4.47 Å². The van der Waals surface area contributed by atoms with Crippen molar-refractivity contribution in [3.05, 3.63) is 39.6 Å². The predicted molar refractivity (Wildman–Crippen MR) is 78.6 cm³/mol. The van der Waals surface area contributed by atoms with Crippen molar-refractivity contribution in [2.75, 3.05) is 0 Å². The number of hydrogen-bond donors (Lipinski definition) is 0. The van der Waals surface area contributed by atoms with Gasteiger partial charge >= 0.3 is 5.97 Å². The molecule has 20 heavy (non-hydrogen) atoms. The van der Waals surface area contributed by atoms with Crippen LogP contribution in [0.4, 0.5) is 4.39 Å². The number of carbonyl (C=O) groups is 2. The van der Waals surface area contributed by atoms with Crippen LogP contribution in [0, 0.1) is 5.82 Å². The zero-order valence-corrected chi connectivity index (χ0v) is 13.4. The van der Waals surface area contributed by atoms with Crippen LogP contribution in [0.15, 0.2) is 28.2 Å². The zero-order valence-electron chi connectivity index (χ0n) is 11.8. The van der Waals surface area contributed by atoms with Crippen molar-refractivity contribution < 1.29 is 18.7 Å². The maximum absolute atomic E-state index is 13.3. The van der Waals surface area contributed by atoms with Crippen molar-refractivity contribution in [2.45, 2.75) is 33.3 Å². The number of halogens is 2. The minimum Gasteiger partial charge on any atom is -0.456 e. The number of Topliss-reactive ketones (excluding diaryl/α,β-unsaturated/α-hetero) is 1. The van der Waals surface area contributed by atoms with Crippen LogP contribution >= 0.6 is 15.9 Å². The number of hydrogen-bond acceptors (Lipinski definition) is 3. The van der Waals surface area contributed by atoms with Crippen LogP contribution in [0.1, 0.15) is 33.3 Å². The number of ketones is 1.